The summed E-state index contributed by atoms with van der Waals surface area (Å²) in [5, 5.41) is 2.79. The Morgan fingerprint density at radius 3 is 2.83 bits per heavy atom. The lowest BCUT2D eigenvalue weighted by molar-refractivity contribution is 0.157. The molecule has 2 aliphatic heterocycles. The Morgan fingerprint density at radius 2 is 2.11 bits per heavy atom. The van der Waals surface area contributed by atoms with Crippen LogP contribution in [0.4, 0.5) is 0 Å². The summed E-state index contributed by atoms with van der Waals surface area (Å²) in [5.74, 6) is 0. The lowest BCUT2D eigenvalue weighted by atomic mass is 10.2. The van der Waals surface area contributed by atoms with Crippen molar-refractivity contribution in [1.29, 1.82) is 0 Å². The molecule has 2 saturated heterocycles. The maximum atomic E-state index is 12.4. The molecular formula is C12H25N3O2S. The van der Waals surface area contributed by atoms with Gasteiger partial charge in [-0.1, -0.05) is 6.92 Å². The van der Waals surface area contributed by atoms with Gasteiger partial charge in [0.2, 0.25) is 10.0 Å². The number of sulfonamides is 1. The molecule has 2 aliphatic rings. The zero-order chi connectivity index (χ0) is 13.2. The second kappa shape index (κ2) is 5.86. The maximum Gasteiger partial charge on any atom is 0.218 e. The molecule has 0 saturated carbocycles. The molecule has 0 aliphatic carbocycles. The topological polar surface area (TPSA) is 52.7 Å². The van der Waals surface area contributed by atoms with E-state index in [0.29, 0.717) is 25.7 Å². The molecule has 0 aromatic heterocycles. The molecule has 0 amide bonds. The summed E-state index contributed by atoms with van der Waals surface area (Å²) in [4.78, 5) is 2.43. The molecule has 0 bridgehead atoms. The van der Waals surface area contributed by atoms with Crippen molar-refractivity contribution in [3.8, 4) is 0 Å². The van der Waals surface area contributed by atoms with Gasteiger partial charge in [-0.05, 0) is 32.9 Å². The molecule has 0 spiro atoms. The normalized spacial score (nSPS) is 28.2. The van der Waals surface area contributed by atoms with Gasteiger partial charge in [0.25, 0.3) is 0 Å². The van der Waals surface area contributed by atoms with Crippen molar-refractivity contribution in [2.45, 2.75) is 38.0 Å². The summed E-state index contributed by atoms with van der Waals surface area (Å²) in [7, 11) is -3.13. The highest BCUT2D eigenvalue weighted by Gasteiger charge is 2.37. The largest absolute Gasteiger partial charge is 0.316 e. The Kier molecular flexibility index (Phi) is 4.64. The Bertz CT molecular complexity index is 372. The highest BCUT2D eigenvalue weighted by Crippen LogP contribution is 2.24. The molecule has 2 fully saturated rings. The van der Waals surface area contributed by atoms with Crippen LogP contribution in [0.3, 0.4) is 0 Å². The minimum absolute atomic E-state index is 0.328. The van der Waals surface area contributed by atoms with Gasteiger partial charge in [-0.2, -0.15) is 4.31 Å². The zero-order valence-corrected chi connectivity index (χ0v) is 12.2. The van der Waals surface area contributed by atoms with Crippen molar-refractivity contribution in [2.24, 2.45) is 0 Å². The highest BCUT2D eigenvalue weighted by atomic mass is 32.2. The third-order valence-corrected chi connectivity index (χ3v) is 6.34. The summed E-state index contributed by atoms with van der Waals surface area (Å²) in [6, 6.07) is 0.458. The molecule has 2 atom stereocenters. The number of fused-ring (bicyclic) bond motifs is 1. The molecule has 18 heavy (non-hydrogen) atoms. The van der Waals surface area contributed by atoms with E-state index in [1.54, 1.807) is 11.2 Å². The van der Waals surface area contributed by atoms with Crippen LogP contribution in [0.25, 0.3) is 0 Å². The Hall–Kier alpha value is -0.170. The van der Waals surface area contributed by atoms with Gasteiger partial charge in [0.1, 0.15) is 0 Å². The van der Waals surface area contributed by atoms with Gasteiger partial charge in [0, 0.05) is 32.2 Å². The molecular weight excluding hydrogens is 250 g/mol. The van der Waals surface area contributed by atoms with Gasteiger partial charge >= 0.3 is 0 Å². The van der Waals surface area contributed by atoms with Gasteiger partial charge in [0.05, 0.1) is 5.25 Å². The third kappa shape index (κ3) is 2.87. The molecule has 2 rings (SSSR count). The number of nitrogens with one attached hydrogen (secondary N) is 1. The van der Waals surface area contributed by atoms with Crippen molar-refractivity contribution in [3.63, 3.8) is 0 Å². The van der Waals surface area contributed by atoms with E-state index in [9.17, 15) is 8.42 Å². The summed E-state index contributed by atoms with van der Waals surface area (Å²) in [6.45, 7) is 8.56. The number of hydrogen-bond donors (Lipinski definition) is 1. The Morgan fingerprint density at radius 1 is 1.33 bits per heavy atom. The molecule has 0 radical (unpaired) electrons. The summed E-state index contributed by atoms with van der Waals surface area (Å²) in [6.07, 6.45) is 2.36. The van der Waals surface area contributed by atoms with Crippen molar-refractivity contribution in [3.05, 3.63) is 0 Å². The number of hydrogen-bond acceptors (Lipinski definition) is 4. The highest BCUT2D eigenvalue weighted by molar-refractivity contribution is 7.89. The minimum Gasteiger partial charge on any atom is -0.316 e. The molecule has 106 valence electrons. The van der Waals surface area contributed by atoms with E-state index in [1.165, 1.54) is 6.42 Å². The molecule has 0 aromatic carbocycles. The standard InChI is InChI=1S/C12H25N3O2S/c1-3-13-9-11(2)18(16,17)15-8-7-14-6-4-5-12(14)10-15/h11-13H,3-10H2,1-2H3. The van der Waals surface area contributed by atoms with E-state index in [4.69, 9.17) is 0 Å². The van der Waals surface area contributed by atoms with E-state index in [0.717, 1.165) is 26.1 Å². The van der Waals surface area contributed by atoms with Gasteiger partial charge in [-0.25, -0.2) is 8.42 Å². The molecule has 1 N–H and O–H groups in total. The predicted molar refractivity (Wildman–Crippen MR) is 73.1 cm³/mol. The van der Waals surface area contributed by atoms with Crippen LogP contribution in [-0.4, -0.2) is 68.2 Å². The van der Waals surface area contributed by atoms with Gasteiger partial charge in [-0.15, -0.1) is 0 Å². The quantitative estimate of drug-likeness (QED) is 0.773. The van der Waals surface area contributed by atoms with Crippen LogP contribution in [-0.2, 0) is 10.0 Å². The van der Waals surface area contributed by atoms with Crippen molar-refractivity contribution in [2.75, 3.05) is 39.3 Å². The third-order valence-electron chi connectivity index (χ3n) is 4.10. The van der Waals surface area contributed by atoms with Crippen molar-refractivity contribution >= 4 is 10.0 Å². The Labute approximate surface area is 111 Å². The number of nitrogens with zero attached hydrogens (tertiary/aromatic N) is 2. The van der Waals surface area contributed by atoms with E-state index in [-0.39, 0.29) is 5.25 Å². The molecule has 5 nitrogen and oxygen atoms in total. The predicted octanol–water partition coefficient (Wildman–Crippen LogP) is 0.0942. The van der Waals surface area contributed by atoms with E-state index in [2.05, 4.69) is 10.2 Å². The average Bonchev–Trinajstić information content (AvgIpc) is 2.82. The van der Waals surface area contributed by atoms with Crippen LogP contribution in [0.15, 0.2) is 0 Å². The van der Waals surface area contributed by atoms with Crippen LogP contribution in [0.5, 0.6) is 0 Å². The summed E-state index contributed by atoms with van der Waals surface area (Å²) in [5.41, 5.74) is 0. The molecule has 0 aromatic rings. The Balaban J connectivity index is 1.97. The lowest BCUT2D eigenvalue weighted by Crippen LogP contribution is -2.54. The van der Waals surface area contributed by atoms with Gasteiger partial charge in [-0.3, -0.25) is 4.90 Å². The first-order chi connectivity index (χ1) is 8.55. The second-order valence-electron chi connectivity index (χ2n) is 5.35. The SMILES string of the molecule is CCNCC(C)S(=O)(=O)N1CCN2CCCC2C1. The van der Waals surface area contributed by atoms with Crippen LogP contribution < -0.4 is 5.32 Å². The lowest BCUT2D eigenvalue weighted by Gasteiger charge is -2.37. The first-order valence-electron chi connectivity index (χ1n) is 6.99. The zero-order valence-electron chi connectivity index (χ0n) is 11.4. The van der Waals surface area contributed by atoms with E-state index in [1.807, 2.05) is 6.92 Å². The maximum absolute atomic E-state index is 12.4. The summed E-state index contributed by atoms with van der Waals surface area (Å²) < 4.78 is 26.6. The van der Waals surface area contributed by atoms with Crippen LogP contribution in [0.2, 0.25) is 0 Å². The van der Waals surface area contributed by atoms with Gasteiger partial charge in [0.15, 0.2) is 0 Å². The molecule has 2 unspecified atom stereocenters. The smallest absolute Gasteiger partial charge is 0.218 e. The van der Waals surface area contributed by atoms with Crippen LogP contribution >= 0.6 is 0 Å². The summed E-state index contributed by atoms with van der Waals surface area (Å²) >= 11 is 0. The fourth-order valence-electron chi connectivity index (χ4n) is 2.90. The van der Waals surface area contributed by atoms with Gasteiger partial charge < -0.3 is 5.32 Å². The number of rotatable bonds is 5. The van der Waals surface area contributed by atoms with E-state index >= 15 is 0 Å². The number of piperazine rings is 1. The fraction of sp³-hybridized carbons (Fsp3) is 1.00. The van der Waals surface area contributed by atoms with Crippen LogP contribution in [0.1, 0.15) is 26.7 Å². The second-order valence-corrected chi connectivity index (χ2v) is 7.70. The van der Waals surface area contributed by atoms with Crippen LogP contribution in [0, 0.1) is 0 Å². The average molecular weight is 275 g/mol. The first kappa shape index (κ1) is 14.2. The monoisotopic (exact) mass is 275 g/mol. The minimum atomic E-state index is -3.13. The fourth-order valence-corrected chi connectivity index (χ4v) is 4.45. The van der Waals surface area contributed by atoms with E-state index < -0.39 is 10.0 Å². The van der Waals surface area contributed by atoms with Crippen molar-refractivity contribution in [1.82, 2.24) is 14.5 Å². The van der Waals surface area contributed by atoms with Crippen molar-refractivity contribution < 1.29 is 8.42 Å². The first-order valence-corrected chi connectivity index (χ1v) is 8.49. The molecule has 6 heteroatoms. The molecule has 2 heterocycles.